The summed E-state index contributed by atoms with van der Waals surface area (Å²) >= 11 is 0. The molecule has 1 N–H and O–H groups in total. The van der Waals surface area contributed by atoms with Crippen LogP contribution in [-0.2, 0) is 11.3 Å². The quantitative estimate of drug-likeness (QED) is 0.893. The van der Waals surface area contributed by atoms with Crippen LogP contribution in [0.2, 0.25) is 0 Å². The van der Waals surface area contributed by atoms with Crippen LogP contribution >= 0.6 is 0 Å². The van der Waals surface area contributed by atoms with Gasteiger partial charge in [-0.2, -0.15) is 0 Å². The Morgan fingerprint density at radius 1 is 1.39 bits per heavy atom. The highest BCUT2D eigenvalue weighted by atomic mass is 16.6. The number of nitrogens with zero attached hydrogens (tertiary/aromatic N) is 2. The summed E-state index contributed by atoms with van der Waals surface area (Å²) in [5.74, 6) is 0.602. The zero-order valence-electron chi connectivity index (χ0n) is 11.1. The molecule has 0 atom stereocenters. The van der Waals surface area contributed by atoms with E-state index in [1.165, 1.54) is 12.8 Å². The fraction of sp³-hybridized carbons (Fsp3) is 0.615. The Morgan fingerprint density at radius 2 is 2.11 bits per heavy atom. The van der Waals surface area contributed by atoms with Gasteiger partial charge < -0.3 is 10.1 Å². The molecule has 0 unspecified atom stereocenters. The second-order valence-corrected chi connectivity index (χ2v) is 5.56. The van der Waals surface area contributed by atoms with Gasteiger partial charge in [-0.15, -0.1) is 0 Å². The van der Waals surface area contributed by atoms with Gasteiger partial charge in [-0.1, -0.05) is 0 Å². The van der Waals surface area contributed by atoms with Gasteiger partial charge >= 0.3 is 6.09 Å². The minimum atomic E-state index is -0.481. The highest BCUT2D eigenvalue weighted by molar-refractivity contribution is 5.67. The lowest BCUT2D eigenvalue weighted by atomic mass is 10.2. The number of hydrogen-bond acceptors (Lipinski definition) is 4. The molecule has 1 aromatic rings. The summed E-state index contributed by atoms with van der Waals surface area (Å²) in [7, 11) is 0. The van der Waals surface area contributed by atoms with E-state index in [0.717, 1.165) is 11.4 Å². The van der Waals surface area contributed by atoms with E-state index in [9.17, 15) is 4.79 Å². The number of alkyl carbamates (subject to hydrolysis) is 1. The third-order valence-electron chi connectivity index (χ3n) is 2.53. The first-order valence-electron chi connectivity index (χ1n) is 6.22. The Hall–Kier alpha value is -1.65. The third kappa shape index (κ3) is 3.98. The van der Waals surface area contributed by atoms with Gasteiger partial charge in [0.15, 0.2) is 0 Å². The molecule has 0 aliphatic heterocycles. The molecular formula is C13H19N3O2. The normalized spacial score (nSPS) is 15.3. The van der Waals surface area contributed by atoms with Crippen LogP contribution < -0.4 is 5.32 Å². The number of carbonyl (C=O) groups excluding carboxylic acids is 1. The molecule has 18 heavy (non-hydrogen) atoms. The highest BCUT2D eigenvalue weighted by Gasteiger charge is 2.25. The summed E-state index contributed by atoms with van der Waals surface area (Å²) in [6.45, 7) is 5.83. The Kier molecular flexibility index (Phi) is 3.50. The number of rotatable bonds is 3. The van der Waals surface area contributed by atoms with Crippen LogP contribution in [0.3, 0.4) is 0 Å². The van der Waals surface area contributed by atoms with E-state index >= 15 is 0 Å². The lowest BCUT2D eigenvalue weighted by Crippen LogP contribution is -2.32. The fourth-order valence-electron chi connectivity index (χ4n) is 1.52. The molecule has 1 heterocycles. The summed E-state index contributed by atoms with van der Waals surface area (Å²) in [4.78, 5) is 20.0. The van der Waals surface area contributed by atoms with Gasteiger partial charge in [0.05, 0.1) is 24.1 Å². The number of nitrogens with one attached hydrogen (secondary N) is 1. The second kappa shape index (κ2) is 4.92. The van der Waals surface area contributed by atoms with Crippen molar-refractivity contribution in [3.05, 3.63) is 23.8 Å². The van der Waals surface area contributed by atoms with Gasteiger partial charge in [-0.25, -0.2) is 4.79 Å². The van der Waals surface area contributed by atoms with Gasteiger partial charge in [0.1, 0.15) is 5.60 Å². The first-order valence-corrected chi connectivity index (χ1v) is 6.22. The molecule has 0 saturated heterocycles. The van der Waals surface area contributed by atoms with E-state index < -0.39 is 11.7 Å². The Bertz CT molecular complexity index is 419. The van der Waals surface area contributed by atoms with E-state index in [1.54, 1.807) is 12.4 Å². The van der Waals surface area contributed by atoms with E-state index in [2.05, 4.69) is 15.3 Å². The van der Waals surface area contributed by atoms with Crippen LogP contribution in [0.15, 0.2) is 12.4 Å². The average molecular weight is 249 g/mol. The zero-order valence-corrected chi connectivity index (χ0v) is 11.1. The molecule has 0 radical (unpaired) electrons. The molecule has 98 valence electrons. The second-order valence-electron chi connectivity index (χ2n) is 5.56. The Morgan fingerprint density at radius 3 is 2.61 bits per heavy atom. The summed E-state index contributed by atoms with van der Waals surface area (Å²) in [5, 5.41) is 2.66. The standard InChI is InChI=1S/C13H19N3O2/c1-13(2,3)18-12(17)16-7-10-6-15-11(8-14-10)9-4-5-9/h6,8-9H,4-5,7H2,1-3H3,(H,16,17). The SMILES string of the molecule is CC(C)(C)OC(=O)NCc1cnc(C2CC2)cn1. The van der Waals surface area contributed by atoms with Gasteiger partial charge in [-0.3, -0.25) is 9.97 Å². The molecule has 0 aromatic carbocycles. The molecule has 2 rings (SSSR count). The largest absolute Gasteiger partial charge is 0.444 e. The molecule has 1 saturated carbocycles. The molecule has 1 aliphatic carbocycles. The summed E-state index contributed by atoms with van der Waals surface area (Å²) in [6.07, 6.45) is 5.50. The maximum atomic E-state index is 11.4. The van der Waals surface area contributed by atoms with Crippen molar-refractivity contribution in [2.45, 2.75) is 51.7 Å². The van der Waals surface area contributed by atoms with Crippen LogP contribution in [0.4, 0.5) is 4.79 Å². The fourth-order valence-corrected chi connectivity index (χ4v) is 1.52. The van der Waals surface area contributed by atoms with Gasteiger partial charge in [0.2, 0.25) is 0 Å². The minimum absolute atomic E-state index is 0.340. The number of hydrogen-bond donors (Lipinski definition) is 1. The smallest absolute Gasteiger partial charge is 0.407 e. The van der Waals surface area contributed by atoms with Crippen LogP contribution in [0, 0.1) is 0 Å². The molecule has 0 bridgehead atoms. The van der Waals surface area contributed by atoms with Crippen LogP contribution in [0.25, 0.3) is 0 Å². The van der Waals surface area contributed by atoms with Crippen LogP contribution in [0.5, 0.6) is 0 Å². The molecule has 5 nitrogen and oxygen atoms in total. The van der Waals surface area contributed by atoms with Gasteiger partial charge in [-0.05, 0) is 33.6 Å². The van der Waals surface area contributed by atoms with Crippen molar-refractivity contribution in [1.82, 2.24) is 15.3 Å². The summed E-state index contributed by atoms with van der Waals surface area (Å²) in [5.41, 5.74) is 1.31. The first-order chi connectivity index (χ1) is 8.44. The minimum Gasteiger partial charge on any atom is -0.444 e. The predicted octanol–water partition coefficient (Wildman–Crippen LogP) is 2.38. The molecule has 0 spiro atoms. The lowest BCUT2D eigenvalue weighted by molar-refractivity contribution is 0.0523. The van der Waals surface area contributed by atoms with E-state index in [1.807, 2.05) is 20.8 Å². The summed E-state index contributed by atoms with van der Waals surface area (Å²) in [6, 6.07) is 0. The molecule has 5 heteroatoms. The van der Waals surface area contributed by atoms with Crippen molar-refractivity contribution in [2.24, 2.45) is 0 Å². The molecule has 1 aliphatic rings. The monoisotopic (exact) mass is 249 g/mol. The Balaban J connectivity index is 1.80. The molecule has 1 amide bonds. The topological polar surface area (TPSA) is 64.1 Å². The molecular weight excluding hydrogens is 230 g/mol. The third-order valence-corrected chi connectivity index (χ3v) is 2.53. The maximum Gasteiger partial charge on any atom is 0.407 e. The van der Waals surface area contributed by atoms with E-state index in [4.69, 9.17) is 4.74 Å². The van der Waals surface area contributed by atoms with Crippen molar-refractivity contribution < 1.29 is 9.53 Å². The van der Waals surface area contributed by atoms with Crippen molar-refractivity contribution in [1.29, 1.82) is 0 Å². The van der Waals surface area contributed by atoms with Crippen LogP contribution in [0.1, 0.15) is 50.9 Å². The summed E-state index contributed by atoms with van der Waals surface area (Å²) < 4.78 is 5.13. The Labute approximate surface area is 107 Å². The molecule has 1 fully saturated rings. The number of carbonyl (C=O) groups is 1. The van der Waals surface area contributed by atoms with Crippen LogP contribution in [-0.4, -0.2) is 21.7 Å². The van der Waals surface area contributed by atoms with E-state index in [0.29, 0.717) is 12.5 Å². The number of aromatic nitrogens is 2. The van der Waals surface area contributed by atoms with Crippen molar-refractivity contribution in [3.63, 3.8) is 0 Å². The van der Waals surface area contributed by atoms with Crippen molar-refractivity contribution in [2.75, 3.05) is 0 Å². The molecule has 1 aromatic heterocycles. The van der Waals surface area contributed by atoms with Crippen molar-refractivity contribution in [3.8, 4) is 0 Å². The first kappa shape index (κ1) is 12.8. The zero-order chi connectivity index (χ0) is 13.2. The maximum absolute atomic E-state index is 11.4. The number of amides is 1. The van der Waals surface area contributed by atoms with Crippen molar-refractivity contribution >= 4 is 6.09 Å². The predicted molar refractivity (Wildman–Crippen MR) is 67.1 cm³/mol. The lowest BCUT2D eigenvalue weighted by Gasteiger charge is -2.19. The average Bonchev–Trinajstić information content (AvgIpc) is 3.08. The number of ether oxygens (including phenoxy) is 1. The van der Waals surface area contributed by atoms with E-state index in [-0.39, 0.29) is 0 Å². The highest BCUT2D eigenvalue weighted by Crippen LogP contribution is 2.38. The van der Waals surface area contributed by atoms with Gasteiger partial charge in [0.25, 0.3) is 0 Å². The van der Waals surface area contributed by atoms with Gasteiger partial charge in [0, 0.05) is 12.1 Å².